The molecule has 8 heteroatoms. The summed E-state index contributed by atoms with van der Waals surface area (Å²) in [5, 5.41) is 10.6. The lowest BCUT2D eigenvalue weighted by Crippen LogP contribution is -2.27. The second-order valence-corrected chi connectivity index (χ2v) is 8.02. The highest BCUT2D eigenvalue weighted by atomic mass is 32.1. The van der Waals surface area contributed by atoms with E-state index < -0.39 is 0 Å². The number of anilines is 1. The number of likely N-dealkylation sites (N-methyl/N-ethyl adjacent to an activating group) is 1. The number of amides is 2. The van der Waals surface area contributed by atoms with Crippen LogP contribution in [0.25, 0.3) is 10.6 Å². The van der Waals surface area contributed by atoms with E-state index in [-0.39, 0.29) is 11.8 Å². The SMILES string of the molecule is CN(C)CC(=O)Nc1cccc(CNC(=O)c2cnc(-c3ccsc3)s2)c1. The lowest BCUT2D eigenvalue weighted by Gasteiger charge is -2.11. The highest BCUT2D eigenvalue weighted by Crippen LogP contribution is 2.26. The first kappa shape index (κ1) is 19.2. The molecule has 0 saturated heterocycles. The minimum Gasteiger partial charge on any atom is -0.347 e. The Bertz CT molecular complexity index is 919. The quantitative estimate of drug-likeness (QED) is 0.638. The zero-order valence-corrected chi connectivity index (χ0v) is 16.7. The Morgan fingerprint density at radius 3 is 2.81 bits per heavy atom. The van der Waals surface area contributed by atoms with E-state index in [0.717, 1.165) is 16.1 Å². The van der Waals surface area contributed by atoms with Gasteiger partial charge in [-0.05, 0) is 43.2 Å². The molecule has 0 aliphatic rings. The molecular formula is C19H20N4O2S2. The van der Waals surface area contributed by atoms with Crippen molar-refractivity contribution in [1.29, 1.82) is 0 Å². The van der Waals surface area contributed by atoms with Crippen molar-refractivity contribution in [1.82, 2.24) is 15.2 Å². The third kappa shape index (κ3) is 5.46. The molecule has 0 spiro atoms. The van der Waals surface area contributed by atoms with Gasteiger partial charge < -0.3 is 15.5 Å². The van der Waals surface area contributed by atoms with Gasteiger partial charge in [0.1, 0.15) is 9.88 Å². The number of thiazole rings is 1. The van der Waals surface area contributed by atoms with E-state index in [1.807, 2.05) is 55.2 Å². The monoisotopic (exact) mass is 400 g/mol. The minimum absolute atomic E-state index is 0.0770. The fraction of sp³-hybridized carbons (Fsp3) is 0.211. The van der Waals surface area contributed by atoms with E-state index in [1.54, 1.807) is 22.4 Å². The van der Waals surface area contributed by atoms with Crippen molar-refractivity contribution >= 4 is 40.2 Å². The summed E-state index contributed by atoms with van der Waals surface area (Å²) in [7, 11) is 3.68. The zero-order valence-electron chi connectivity index (χ0n) is 15.1. The van der Waals surface area contributed by atoms with Gasteiger partial charge in [-0.15, -0.1) is 11.3 Å². The van der Waals surface area contributed by atoms with Crippen LogP contribution in [0.3, 0.4) is 0 Å². The van der Waals surface area contributed by atoms with Gasteiger partial charge in [0, 0.05) is 23.2 Å². The van der Waals surface area contributed by atoms with Crippen molar-refractivity contribution in [3.05, 3.63) is 57.7 Å². The topological polar surface area (TPSA) is 74.3 Å². The van der Waals surface area contributed by atoms with Crippen LogP contribution in [0.5, 0.6) is 0 Å². The molecule has 27 heavy (non-hydrogen) atoms. The molecule has 3 aromatic rings. The van der Waals surface area contributed by atoms with E-state index in [1.165, 1.54) is 11.3 Å². The molecule has 0 aliphatic heterocycles. The third-order valence-corrected chi connectivity index (χ3v) is 5.35. The van der Waals surface area contributed by atoms with E-state index in [2.05, 4.69) is 15.6 Å². The molecule has 3 rings (SSSR count). The van der Waals surface area contributed by atoms with Gasteiger partial charge in [0.05, 0.1) is 12.7 Å². The van der Waals surface area contributed by atoms with Crippen LogP contribution in [-0.2, 0) is 11.3 Å². The van der Waals surface area contributed by atoms with Gasteiger partial charge in [0.15, 0.2) is 0 Å². The molecule has 6 nitrogen and oxygen atoms in total. The molecule has 2 heterocycles. The highest BCUT2D eigenvalue weighted by molar-refractivity contribution is 7.17. The number of hydrogen-bond acceptors (Lipinski definition) is 6. The van der Waals surface area contributed by atoms with Crippen LogP contribution < -0.4 is 10.6 Å². The van der Waals surface area contributed by atoms with Crippen LogP contribution in [0.4, 0.5) is 5.69 Å². The van der Waals surface area contributed by atoms with E-state index in [0.29, 0.717) is 23.7 Å². The Morgan fingerprint density at radius 2 is 2.07 bits per heavy atom. The molecule has 0 bridgehead atoms. The minimum atomic E-state index is -0.156. The summed E-state index contributed by atoms with van der Waals surface area (Å²) < 4.78 is 0. The number of hydrogen-bond donors (Lipinski definition) is 2. The molecule has 0 unspecified atom stereocenters. The van der Waals surface area contributed by atoms with Crippen LogP contribution in [-0.4, -0.2) is 42.3 Å². The molecular weight excluding hydrogens is 380 g/mol. The summed E-state index contributed by atoms with van der Waals surface area (Å²) in [5.74, 6) is -0.233. The number of nitrogens with one attached hydrogen (secondary N) is 2. The Kier molecular flexibility index (Phi) is 6.33. The van der Waals surface area contributed by atoms with Gasteiger partial charge in [0.2, 0.25) is 5.91 Å². The Hall–Kier alpha value is -2.55. The number of carbonyl (C=O) groups is 2. The number of aromatic nitrogens is 1. The van der Waals surface area contributed by atoms with Crippen molar-refractivity contribution in [2.75, 3.05) is 26.0 Å². The van der Waals surface area contributed by atoms with Gasteiger partial charge in [-0.25, -0.2) is 4.98 Å². The van der Waals surface area contributed by atoms with Gasteiger partial charge >= 0.3 is 0 Å². The Labute approximate surface area is 165 Å². The third-order valence-electron chi connectivity index (χ3n) is 3.62. The van der Waals surface area contributed by atoms with Crippen molar-refractivity contribution in [3.63, 3.8) is 0 Å². The zero-order chi connectivity index (χ0) is 19.2. The van der Waals surface area contributed by atoms with Gasteiger partial charge in [0.25, 0.3) is 5.91 Å². The fourth-order valence-electron chi connectivity index (χ4n) is 2.41. The van der Waals surface area contributed by atoms with Crippen LogP contribution >= 0.6 is 22.7 Å². The maximum atomic E-state index is 12.4. The molecule has 0 aliphatic carbocycles. The molecule has 140 valence electrons. The van der Waals surface area contributed by atoms with Crippen molar-refractivity contribution in [2.24, 2.45) is 0 Å². The van der Waals surface area contributed by atoms with Crippen molar-refractivity contribution < 1.29 is 9.59 Å². The number of benzene rings is 1. The van der Waals surface area contributed by atoms with Gasteiger partial charge in [-0.1, -0.05) is 12.1 Å². The first-order valence-corrected chi connectivity index (χ1v) is 10.1. The average molecular weight is 401 g/mol. The standard InChI is InChI=1S/C19H20N4O2S2/c1-23(2)11-17(24)22-15-5-3-4-13(8-15)9-20-18(25)16-10-21-19(27-16)14-6-7-26-12-14/h3-8,10,12H,9,11H2,1-2H3,(H,20,25)(H,22,24). The van der Waals surface area contributed by atoms with Crippen molar-refractivity contribution in [3.8, 4) is 10.6 Å². The fourth-order valence-corrected chi connectivity index (χ4v) is 3.96. The van der Waals surface area contributed by atoms with E-state index in [4.69, 9.17) is 0 Å². The molecule has 2 N–H and O–H groups in total. The summed E-state index contributed by atoms with van der Waals surface area (Å²) in [4.78, 5) is 30.9. The second kappa shape index (κ2) is 8.90. The number of carbonyl (C=O) groups excluding carboxylic acids is 2. The predicted octanol–water partition coefficient (Wildman–Crippen LogP) is 3.30. The summed E-state index contributed by atoms with van der Waals surface area (Å²) in [6.07, 6.45) is 1.60. The maximum Gasteiger partial charge on any atom is 0.263 e. The van der Waals surface area contributed by atoms with Gasteiger partial charge in [-0.3, -0.25) is 9.59 Å². The first-order valence-electron chi connectivity index (χ1n) is 8.31. The van der Waals surface area contributed by atoms with E-state index >= 15 is 0 Å². The smallest absolute Gasteiger partial charge is 0.263 e. The second-order valence-electron chi connectivity index (χ2n) is 6.21. The first-order chi connectivity index (χ1) is 13.0. The molecule has 2 amide bonds. The molecule has 0 atom stereocenters. The van der Waals surface area contributed by atoms with E-state index in [9.17, 15) is 9.59 Å². The van der Waals surface area contributed by atoms with Crippen molar-refractivity contribution in [2.45, 2.75) is 6.54 Å². The Balaban J connectivity index is 1.57. The summed E-state index contributed by atoms with van der Waals surface area (Å²) in [6.45, 7) is 0.695. The molecule has 2 aromatic heterocycles. The largest absolute Gasteiger partial charge is 0.347 e. The van der Waals surface area contributed by atoms with Crippen LogP contribution in [0.2, 0.25) is 0 Å². The summed E-state index contributed by atoms with van der Waals surface area (Å²) in [6, 6.07) is 9.44. The van der Waals surface area contributed by atoms with Crippen LogP contribution in [0.1, 0.15) is 15.2 Å². The number of thiophene rings is 1. The molecule has 0 fully saturated rings. The molecule has 1 aromatic carbocycles. The van der Waals surface area contributed by atoms with Crippen LogP contribution in [0.15, 0.2) is 47.3 Å². The summed E-state index contributed by atoms with van der Waals surface area (Å²) >= 11 is 2.97. The number of rotatable bonds is 7. The highest BCUT2D eigenvalue weighted by Gasteiger charge is 2.12. The molecule has 0 radical (unpaired) electrons. The normalized spacial score (nSPS) is 10.8. The maximum absolute atomic E-state index is 12.4. The lowest BCUT2D eigenvalue weighted by atomic mass is 10.2. The van der Waals surface area contributed by atoms with Crippen LogP contribution in [0, 0.1) is 0 Å². The Morgan fingerprint density at radius 1 is 1.22 bits per heavy atom. The molecule has 0 saturated carbocycles. The predicted molar refractivity (Wildman–Crippen MR) is 110 cm³/mol. The lowest BCUT2D eigenvalue weighted by molar-refractivity contribution is -0.116. The van der Waals surface area contributed by atoms with Gasteiger partial charge in [-0.2, -0.15) is 11.3 Å². The summed E-state index contributed by atoms with van der Waals surface area (Å²) in [5.41, 5.74) is 2.66. The number of nitrogens with zero attached hydrogens (tertiary/aromatic N) is 2. The average Bonchev–Trinajstić information content (AvgIpc) is 3.30.